The van der Waals surface area contributed by atoms with Crippen molar-refractivity contribution in [2.24, 2.45) is 0 Å². The molecule has 1 aromatic carbocycles. The number of halogens is 2. The summed E-state index contributed by atoms with van der Waals surface area (Å²) in [4.78, 5) is 36.8. The highest BCUT2D eigenvalue weighted by atomic mass is 19.1. The van der Waals surface area contributed by atoms with Crippen molar-refractivity contribution < 1.29 is 13.6 Å². The third-order valence-corrected chi connectivity index (χ3v) is 6.31. The summed E-state index contributed by atoms with van der Waals surface area (Å²) >= 11 is 0. The maximum Gasteiger partial charge on any atom is 0.331 e. The average Bonchev–Trinajstić information content (AvgIpc) is 3.54. The van der Waals surface area contributed by atoms with Crippen LogP contribution in [0.5, 0.6) is 0 Å². The number of H-pyrrole nitrogens is 1. The van der Waals surface area contributed by atoms with E-state index in [0.29, 0.717) is 41.9 Å². The molecule has 0 unspecified atom stereocenters. The van der Waals surface area contributed by atoms with Crippen LogP contribution >= 0.6 is 0 Å². The molecule has 0 atom stereocenters. The van der Waals surface area contributed by atoms with Crippen LogP contribution in [-0.4, -0.2) is 47.0 Å². The third-order valence-electron chi connectivity index (χ3n) is 6.31. The van der Waals surface area contributed by atoms with Crippen LogP contribution in [0.2, 0.25) is 0 Å². The van der Waals surface area contributed by atoms with Gasteiger partial charge < -0.3 is 10.3 Å². The van der Waals surface area contributed by atoms with Gasteiger partial charge in [-0.1, -0.05) is 6.07 Å². The van der Waals surface area contributed by atoms with Gasteiger partial charge in [-0.3, -0.25) is 14.1 Å². The lowest BCUT2D eigenvalue weighted by Crippen LogP contribution is -2.20. The summed E-state index contributed by atoms with van der Waals surface area (Å²) in [5, 5.41) is 7.41. The van der Waals surface area contributed by atoms with Crippen LogP contribution in [0.1, 0.15) is 33.0 Å². The number of rotatable bonds is 4. The van der Waals surface area contributed by atoms with Crippen molar-refractivity contribution in [1.82, 2.24) is 39.3 Å². The van der Waals surface area contributed by atoms with Crippen molar-refractivity contribution in [2.45, 2.75) is 26.6 Å². The second-order valence-corrected chi connectivity index (χ2v) is 8.74. The quantitative estimate of drug-likeness (QED) is 0.374. The fraction of sp³-hybridized carbons (Fsp3) is 0.208. The maximum absolute atomic E-state index is 15.4. The van der Waals surface area contributed by atoms with E-state index in [-0.39, 0.29) is 16.9 Å². The van der Waals surface area contributed by atoms with E-state index in [1.54, 1.807) is 31.5 Å². The molecule has 5 heterocycles. The van der Waals surface area contributed by atoms with Crippen LogP contribution in [0.25, 0.3) is 22.2 Å². The van der Waals surface area contributed by atoms with Crippen molar-refractivity contribution in [3.63, 3.8) is 0 Å². The zero-order valence-electron chi connectivity index (χ0n) is 19.3. The number of carbonyl (C=O) groups is 1. The number of fused-ring (bicyclic) bond motifs is 4. The van der Waals surface area contributed by atoms with Crippen LogP contribution in [0.15, 0.2) is 41.5 Å². The summed E-state index contributed by atoms with van der Waals surface area (Å²) in [6, 6.07) is 6.35. The number of hydrogen-bond donors (Lipinski definition) is 2. The molecule has 0 radical (unpaired) electrons. The summed E-state index contributed by atoms with van der Waals surface area (Å²) in [6.45, 7) is 3.01. The van der Waals surface area contributed by atoms with Crippen molar-refractivity contribution in [3.05, 3.63) is 87.1 Å². The fourth-order valence-corrected chi connectivity index (χ4v) is 4.61. The second kappa shape index (κ2) is 8.05. The second-order valence-electron chi connectivity index (χ2n) is 8.74. The van der Waals surface area contributed by atoms with E-state index in [0.717, 1.165) is 11.3 Å². The Hall–Kier alpha value is -4.45. The highest BCUT2D eigenvalue weighted by Gasteiger charge is 2.25. The van der Waals surface area contributed by atoms with E-state index >= 15 is 4.39 Å². The summed E-state index contributed by atoms with van der Waals surface area (Å²) in [5.41, 5.74) is 2.93. The Bertz CT molecular complexity index is 1730. The molecule has 1 aliphatic heterocycles. The average molecular weight is 490 g/mol. The van der Waals surface area contributed by atoms with Gasteiger partial charge in [0.25, 0.3) is 5.91 Å². The van der Waals surface area contributed by atoms with E-state index in [2.05, 4.69) is 25.4 Å². The molecule has 0 spiro atoms. The summed E-state index contributed by atoms with van der Waals surface area (Å²) in [6.07, 6.45) is 3.32. The van der Waals surface area contributed by atoms with E-state index in [1.807, 2.05) is 4.90 Å². The zero-order valence-corrected chi connectivity index (χ0v) is 19.3. The van der Waals surface area contributed by atoms with E-state index in [4.69, 9.17) is 0 Å². The minimum atomic E-state index is -0.803. The molecule has 4 aromatic heterocycles. The molecule has 182 valence electrons. The number of aromatic nitrogens is 6. The SMILES string of the molecule is CNC(=O)c1ccc(-n2cc3c(n2)CN(Cc2ccc4c([nH]c(=O)n5cc(C)nc45)c2F)C3)c(F)n1. The molecule has 0 saturated carbocycles. The highest BCUT2D eigenvalue weighted by molar-refractivity contribution is 5.92. The first-order chi connectivity index (χ1) is 17.3. The lowest BCUT2D eigenvalue weighted by molar-refractivity contribution is 0.0957. The number of amides is 1. The summed E-state index contributed by atoms with van der Waals surface area (Å²) in [7, 11) is 1.45. The summed E-state index contributed by atoms with van der Waals surface area (Å²) in [5.74, 6) is -1.77. The van der Waals surface area contributed by atoms with Gasteiger partial charge in [0.2, 0.25) is 5.95 Å². The van der Waals surface area contributed by atoms with E-state index in [9.17, 15) is 14.0 Å². The van der Waals surface area contributed by atoms with Gasteiger partial charge >= 0.3 is 5.69 Å². The number of imidazole rings is 1. The molecule has 0 fully saturated rings. The molecular weight excluding hydrogens is 470 g/mol. The van der Waals surface area contributed by atoms with Crippen molar-refractivity contribution in [1.29, 1.82) is 0 Å². The lowest BCUT2D eigenvalue weighted by Gasteiger charge is -2.16. The predicted octanol–water partition coefficient (Wildman–Crippen LogP) is 2.22. The smallest absolute Gasteiger partial charge is 0.331 e. The number of nitrogens with zero attached hydrogens (tertiary/aromatic N) is 6. The zero-order chi connectivity index (χ0) is 25.1. The first-order valence-corrected chi connectivity index (χ1v) is 11.2. The topological polar surface area (TPSA) is 113 Å². The van der Waals surface area contributed by atoms with E-state index in [1.165, 1.54) is 28.3 Å². The molecular formula is C24H20F2N8O2. The number of aryl methyl sites for hydroxylation is 1. The number of aromatic amines is 1. The van der Waals surface area contributed by atoms with Gasteiger partial charge in [-0.05, 0) is 25.1 Å². The van der Waals surface area contributed by atoms with Crippen LogP contribution in [0.3, 0.4) is 0 Å². The number of benzene rings is 1. The Morgan fingerprint density at radius 3 is 2.72 bits per heavy atom. The van der Waals surface area contributed by atoms with Crippen molar-refractivity contribution in [2.75, 3.05) is 7.05 Å². The molecule has 0 aliphatic carbocycles. The number of pyridine rings is 1. The number of carbonyl (C=O) groups excluding carboxylic acids is 1. The van der Waals surface area contributed by atoms with Gasteiger partial charge in [-0.2, -0.15) is 9.49 Å². The van der Waals surface area contributed by atoms with E-state index < -0.39 is 23.4 Å². The van der Waals surface area contributed by atoms with Crippen molar-refractivity contribution >= 4 is 22.5 Å². The van der Waals surface area contributed by atoms with Gasteiger partial charge in [-0.25, -0.2) is 23.8 Å². The Balaban J connectivity index is 1.24. The first kappa shape index (κ1) is 22.0. The molecule has 0 saturated heterocycles. The van der Waals surface area contributed by atoms with Gasteiger partial charge in [0.15, 0.2) is 11.5 Å². The lowest BCUT2D eigenvalue weighted by atomic mass is 10.1. The predicted molar refractivity (Wildman–Crippen MR) is 126 cm³/mol. The Labute approximate surface area is 202 Å². The van der Waals surface area contributed by atoms with Crippen molar-refractivity contribution in [3.8, 4) is 5.69 Å². The number of hydrogen-bond acceptors (Lipinski definition) is 6. The minimum absolute atomic E-state index is 0.0213. The molecule has 5 aromatic rings. The molecule has 6 rings (SSSR count). The monoisotopic (exact) mass is 490 g/mol. The fourth-order valence-electron chi connectivity index (χ4n) is 4.61. The molecule has 0 bridgehead atoms. The third kappa shape index (κ3) is 3.45. The Kier molecular flexibility index (Phi) is 4.93. The molecule has 1 aliphatic rings. The van der Waals surface area contributed by atoms with Gasteiger partial charge in [0.1, 0.15) is 11.4 Å². The summed E-state index contributed by atoms with van der Waals surface area (Å²) < 4.78 is 32.7. The standard InChI is InChI=1S/C24H20F2N8O2/c1-12-7-33-22(28-12)15-4-3-13(19(25)20(15)30-24(33)36)8-32-9-14-10-34(31-17(14)11-32)18-6-5-16(23(35)27-2)29-21(18)26/h3-7,10H,8-9,11H2,1-2H3,(H,27,35)(H,30,36). The van der Waals surface area contributed by atoms with Gasteiger partial charge in [-0.15, -0.1) is 0 Å². The Morgan fingerprint density at radius 1 is 1.14 bits per heavy atom. The number of nitrogens with one attached hydrogen (secondary N) is 2. The molecule has 2 N–H and O–H groups in total. The largest absolute Gasteiger partial charge is 0.354 e. The normalized spacial score (nSPS) is 13.6. The van der Waals surface area contributed by atoms with Crippen LogP contribution < -0.4 is 11.0 Å². The Morgan fingerprint density at radius 2 is 1.97 bits per heavy atom. The minimum Gasteiger partial charge on any atom is -0.354 e. The molecule has 10 nitrogen and oxygen atoms in total. The molecule has 1 amide bonds. The van der Waals surface area contributed by atoms with Gasteiger partial charge in [0, 0.05) is 55.6 Å². The van der Waals surface area contributed by atoms with Gasteiger partial charge in [0.05, 0.1) is 16.9 Å². The maximum atomic E-state index is 15.4. The van der Waals surface area contributed by atoms with Crippen LogP contribution in [0, 0.1) is 18.7 Å². The van der Waals surface area contributed by atoms with Crippen LogP contribution in [0.4, 0.5) is 8.78 Å². The highest BCUT2D eigenvalue weighted by Crippen LogP contribution is 2.28. The molecule has 36 heavy (non-hydrogen) atoms. The van der Waals surface area contributed by atoms with Crippen LogP contribution in [-0.2, 0) is 19.6 Å². The first-order valence-electron chi connectivity index (χ1n) is 11.2. The molecule has 12 heteroatoms.